The number of methoxy groups -OCH3 is 1. The van der Waals surface area contributed by atoms with Crippen LogP contribution >= 0.6 is 11.6 Å². The van der Waals surface area contributed by atoms with Gasteiger partial charge in [-0.2, -0.15) is 4.98 Å². The largest absolute Gasteiger partial charge is 0.493 e. The van der Waals surface area contributed by atoms with Crippen LogP contribution in [0.5, 0.6) is 5.75 Å². The molecule has 1 aliphatic rings. The van der Waals surface area contributed by atoms with Gasteiger partial charge in [-0.1, -0.05) is 23.7 Å². The van der Waals surface area contributed by atoms with Crippen molar-refractivity contribution in [3.8, 4) is 5.75 Å². The SMILES string of the molecule is COc1cc(C(=O)N2CCOC(C)(CC(C)O)C2)cn2nc(NCc3cccc(Cl)c3)nc12. The Hall–Kier alpha value is -2.88. The maximum Gasteiger partial charge on any atom is 0.255 e. The number of carbonyl (C=O) groups excluding carboxylic acids is 1. The third-order valence-electron chi connectivity index (χ3n) is 5.56. The molecule has 0 bridgehead atoms. The fourth-order valence-electron chi connectivity index (χ4n) is 4.16. The van der Waals surface area contributed by atoms with Crippen LogP contribution in [0.15, 0.2) is 36.5 Å². The number of hydrogen-bond acceptors (Lipinski definition) is 7. The number of morpholine rings is 1. The highest BCUT2D eigenvalue weighted by atomic mass is 35.5. The molecule has 1 aromatic carbocycles. The normalized spacial score (nSPS) is 19.5. The lowest BCUT2D eigenvalue weighted by atomic mass is 9.96. The first-order valence-corrected chi connectivity index (χ1v) is 11.2. The number of halogens is 1. The molecule has 0 radical (unpaired) electrons. The molecule has 2 unspecified atom stereocenters. The number of nitrogens with one attached hydrogen (secondary N) is 1. The fraction of sp³-hybridized carbons (Fsp3) is 0.435. The van der Waals surface area contributed by atoms with Gasteiger partial charge in [0.1, 0.15) is 0 Å². The molecule has 2 aromatic heterocycles. The summed E-state index contributed by atoms with van der Waals surface area (Å²) < 4.78 is 12.9. The predicted molar refractivity (Wildman–Crippen MR) is 125 cm³/mol. The minimum absolute atomic E-state index is 0.153. The standard InChI is InChI=1S/C23H28ClN5O4/c1-15(30)11-23(2)14-28(7-8-33-23)21(31)17-10-19(32-3)20-26-22(27-29(20)13-17)25-12-16-5-4-6-18(24)9-16/h4-6,9-10,13,15,30H,7-8,11-12,14H2,1-3H3,(H,25,27). The highest BCUT2D eigenvalue weighted by Crippen LogP contribution is 2.26. The average Bonchev–Trinajstić information content (AvgIpc) is 3.19. The first-order chi connectivity index (χ1) is 15.8. The molecule has 0 aliphatic carbocycles. The second kappa shape index (κ2) is 9.54. The quantitative estimate of drug-likeness (QED) is 0.544. The molecule has 9 nitrogen and oxygen atoms in total. The summed E-state index contributed by atoms with van der Waals surface area (Å²) >= 11 is 6.05. The highest BCUT2D eigenvalue weighted by molar-refractivity contribution is 6.30. The lowest BCUT2D eigenvalue weighted by Crippen LogP contribution is -2.53. The van der Waals surface area contributed by atoms with Crippen LogP contribution in [0.25, 0.3) is 5.65 Å². The summed E-state index contributed by atoms with van der Waals surface area (Å²) in [7, 11) is 1.53. The summed E-state index contributed by atoms with van der Waals surface area (Å²) in [5, 5.41) is 18.1. The van der Waals surface area contributed by atoms with Crippen LogP contribution in [-0.2, 0) is 11.3 Å². The van der Waals surface area contributed by atoms with Gasteiger partial charge in [0.05, 0.1) is 31.0 Å². The van der Waals surface area contributed by atoms with E-state index in [-0.39, 0.29) is 5.91 Å². The second-order valence-electron chi connectivity index (χ2n) is 8.56. The number of pyridine rings is 1. The van der Waals surface area contributed by atoms with E-state index in [2.05, 4.69) is 15.4 Å². The maximum atomic E-state index is 13.3. The van der Waals surface area contributed by atoms with Crippen molar-refractivity contribution in [1.29, 1.82) is 0 Å². The van der Waals surface area contributed by atoms with Gasteiger partial charge >= 0.3 is 0 Å². The van der Waals surface area contributed by atoms with Crippen LogP contribution in [0.2, 0.25) is 5.02 Å². The number of anilines is 1. The third kappa shape index (κ3) is 5.38. The number of fused-ring (bicyclic) bond motifs is 1. The molecule has 176 valence electrons. The van der Waals surface area contributed by atoms with Crippen LogP contribution in [0.4, 0.5) is 5.95 Å². The summed E-state index contributed by atoms with van der Waals surface area (Å²) in [6, 6.07) is 9.21. The molecule has 3 aromatic rings. The number of aliphatic hydroxyl groups is 1. The van der Waals surface area contributed by atoms with Gasteiger partial charge in [0.15, 0.2) is 11.4 Å². The number of amides is 1. The van der Waals surface area contributed by atoms with Crippen molar-refractivity contribution in [3.63, 3.8) is 0 Å². The number of carbonyl (C=O) groups is 1. The molecular formula is C23H28ClN5O4. The zero-order chi connectivity index (χ0) is 23.6. The molecule has 1 aliphatic heterocycles. The monoisotopic (exact) mass is 473 g/mol. The number of nitrogens with zero attached hydrogens (tertiary/aromatic N) is 4. The van der Waals surface area contributed by atoms with E-state index >= 15 is 0 Å². The minimum atomic E-state index is -0.596. The maximum absolute atomic E-state index is 13.3. The molecule has 4 rings (SSSR count). The zero-order valence-electron chi connectivity index (χ0n) is 18.9. The summed E-state index contributed by atoms with van der Waals surface area (Å²) in [4.78, 5) is 19.5. The number of ether oxygens (including phenoxy) is 2. The Morgan fingerprint density at radius 3 is 2.97 bits per heavy atom. The molecule has 1 fully saturated rings. The van der Waals surface area contributed by atoms with Crippen molar-refractivity contribution in [3.05, 3.63) is 52.7 Å². The van der Waals surface area contributed by atoms with Gasteiger partial charge in [-0.25, -0.2) is 4.52 Å². The lowest BCUT2D eigenvalue weighted by molar-refractivity contribution is -0.106. The highest BCUT2D eigenvalue weighted by Gasteiger charge is 2.35. The van der Waals surface area contributed by atoms with Gasteiger partial charge in [0, 0.05) is 37.3 Å². The zero-order valence-corrected chi connectivity index (χ0v) is 19.7. The van der Waals surface area contributed by atoms with Crippen LogP contribution in [0, 0.1) is 0 Å². The van der Waals surface area contributed by atoms with Gasteiger partial charge in [-0.05, 0) is 37.6 Å². The Balaban J connectivity index is 1.55. The van der Waals surface area contributed by atoms with Gasteiger partial charge in [-0.15, -0.1) is 5.10 Å². The van der Waals surface area contributed by atoms with Gasteiger partial charge in [0.2, 0.25) is 5.95 Å². The molecule has 3 heterocycles. The number of hydrogen-bond donors (Lipinski definition) is 2. The van der Waals surface area contributed by atoms with Gasteiger partial charge < -0.3 is 24.8 Å². The summed E-state index contributed by atoms with van der Waals surface area (Å²) in [6.45, 7) is 5.41. The van der Waals surface area contributed by atoms with E-state index in [1.165, 1.54) is 7.11 Å². The van der Waals surface area contributed by atoms with Crippen LogP contribution < -0.4 is 10.1 Å². The molecule has 1 saturated heterocycles. The van der Waals surface area contributed by atoms with Gasteiger partial charge in [0.25, 0.3) is 5.91 Å². The van der Waals surface area contributed by atoms with E-state index in [4.69, 9.17) is 21.1 Å². The number of aromatic nitrogens is 3. The predicted octanol–water partition coefficient (Wildman–Crippen LogP) is 3.01. The van der Waals surface area contributed by atoms with Crippen LogP contribution in [0.1, 0.15) is 36.2 Å². The number of rotatable bonds is 7. The first kappa shape index (κ1) is 23.3. The smallest absolute Gasteiger partial charge is 0.255 e. The fourth-order valence-corrected chi connectivity index (χ4v) is 4.37. The van der Waals surface area contributed by atoms with Crippen molar-refractivity contribution in [1.82, 2.24) is 19.5 Å². The van der Waals surface area contributed by atoms with Crippen molar-refractivity contribution in [2.45, 2.75) is 38.5 Å². The van der Waals surface area contributed by atoms with E-state index in [0.29, 0.717) is 60.6 Å². The lowest BCUT2D eigenvalue weighted by Gasteiger charge is -2.41. The van der Waals surface area contributed by atoms with Crippen LogP contribution in [0.3, 0.4) is 0 Å². The third-order valence-corrected chi connectivity index (χ3v) is 5.79. The number of benzene rings is 1. The summed E-state index contributed by atoms with van der Waals surface area (Å²) in [5.74, 6) is 0.706. The first-order valence-electron chi connectivity index (χ1n) is 10.8. The molecule has 2 atom stereocenters. The number of aliphatic hydroxyl groups excluding tert-OH is 1. The van der Waals surface area contributed by atoms with E-state index in [1.54, 1.807) is 28.6 Å². The Labute approximate surface area is 197 Å². The molecule has 10 heteroatoms. The Morgan fingerprint density at radius 2 is 2.24 bits per heavy atom. The Kier molecular flexibility index (Phi) is 6.73. The van der Waals surface area contributed by atoms with E-state index in [9.17, 15) is 9.90 Å². The second-order valence-corrected chi connectivity index (χ2v) is 9.00. The van der Waals surface area contributed by atoms with Crippen molar-refractivity contribution < 1.29 is 19.4 Å². The molecule has 0 spiro atoms. The average molecular weight is 474 g/mol. The topological polar surface area (TPSA) is 101 Å². The van der Waals surface area contributed by atoms with Gasteiger partial charge in [-0.3, -0.25) is 4.79 Å². The Morgan fingerprint density at radius 1 is 1.42 bits per heavy atom. The van der Waals surface area contributed by atoms with Crippen molar-refractivity contribution in [2.75, 3.05) is 32.1 Å². The van der Waals surface area contributed by atoms with E-state index in [0.717, 1.165) is 5.56 Å². The summed E-state index contributed by atoms with van der Waals surface area (Å²) in [6.07, 6.45) is 1.58. The van der Waals surface area contributed by atoms with Crippen LogP contribution in [-0.4, -0.2) is 69.0 Å². The van der Waals surface area contributed by atoms with E-state index < -0.39 is 11.7 Å². The van der Waals surface area contributed by atoms with E-state index in [1.807, 2.05) is 31.2 Å². The van der Waals surface area contributed by atoms with Crippen molar-refractivity contribution in [2.24, 2.45) is 0 Å². The Bertz CT molecular complexity index is 1150. The molecule has 1 amide bonds. The minimum Gasteiger partial charge on any atom is -0.493 e. The molecule has 0 saturated carbocycles. The van der Waals surface area contributed by atoms with Crippen molar-refractivity contribution >= 4 is 29.1 Å². The summed E-state index contributed by atoms with van der Waals surface area (Å²) in [5.41, 5.74) is 1.34. The molecular weight excluding hydrogens is 446 g/mol. The molecule has 2 N–H and O–H groups in total. The molecule has 33 heavy (non-hydrogen) atoms.